The third-order valence-corrected chi connectivity index (χ3v) is 5.06. The minimum atomic E-state index is -0.427. The van der Waals surface area contributed by atoms with Crippen molar-refractivity contribution >= 4 is 23.4 Å². The molecule has 4 rings (SSSR count). The van der Waals surface area contributed by atoms with Crippen LogP contribution in [0.25, 0.3) is 11.7 Å². The number of nitrogens with one attached hydrogen (secondary N) is 1. The van der Waals surface area contributed by atoms with Crippen molar-refractivity contribution in [2.75, 3.05) is 50.1 Å². The van der Waals surface area contributed by atoms with Crippen molar-refractivity contribution in [3.05, 3.63) is 53.9 Å². The summed E-state index contributed by atoms with van der Waals surface area (Å²) in [4.78, 5) is 32.1. The number of oxazole rings is 1. The number of piperazine rings is 1. The van der Waals surface area contributed by atoms with Crippen LogP contribution in [-0.4, -0.2) is 61.6 Å². The summed E-state index contributed by atoms with van der Waals surface area (Å²) in [6.07, 6.45) is 1.52. The van der Waals surface area contributed by atoms with Gasteiger partial charge in [0.1, 0.15) is 6.07 Å². The molecule has 10 heteroatoms. The number of anilines is 2. The molecule has 3 aromatic rings. The first-order chi connectivity index (χ1) is 15.6. The fourth-order valence-electron chi connectivity index (χ4n) is 3.43. The summed E-state index contributed by atoms with van der Waals surface area (Å²) < 4.78 is 15.7. The number of furan rings is 1. The number of benzene rings is 1. The van der Waals surface area contributed by atoms with Crippen LogP contribution in [0.3, 0.4) is 0 Å². The lowest BCUT2D eigenvalue weighted by molar-refractivity contribution is -0.117. The van der Waals surface area contributed by atoms with Gasteiger partial charge in [-0.05, 0) is 36.4 Å². The second-order valence-corrected chi connectivity index (χ2v) is 7.14. The number of aromatic nitrogens is 1. The molecule has 1 saturated heterocycles. The number of carbonyl (C=O) groups is 2. The second kappa shape index (κ2) is 9.36. The van der Waals surface area contributed by atoms with Crippen LogP contribution in [0.4, 0.5) is 11.6 Å². The van der Waals surface area contributed by atoms with E-state index in [1.54, 1.807) is 36.4 Å². The number of amides is 1. The lowest BCUT2D eigenvalue weighted by Gasteiger charge is -2.34. The number of hydrogen-bond donors (Lipinski definition) is 1. The highest BCUT2D eigenvalue weighted by Crippen LogP contribution is 2.29. The zero-order valence-electron chi connectivity index (χ0n) is 17.4. The first-order valence-electron chi connectivity index (χ1n) is 9.97. The van der Waals surface area contributed by atoms with E-state index < -0.39 is 5.97 Å². The van der Waals surface area contributed by atoms with Crippen molar-refractivity contribution in [1.29, 1.82) is 5.26 Å². The number of esters is 1. The molecular weight excluding hydrogens is 414 g/mol. The summed E-state index contributed by atoms with van der Waals surface area (Å²) in [6.45, 7) is 2.64. The fourth-order valence-corrected chi connectivity index (χ4v) is 3.43. The lowest BCUT2D eigenvalue weighted by atomic mass is 10.2. The van der Waals surface area contributed by atoms with Gasteiger partial charge in [0.25, 0.3) is 5.89 Å². The third kappa shape index (κ3) is 4.63. The van der Waals surface area contributed by atoms with Crippen molar-refractivity contribution in [1.82, 2.24) is 9.88 Å². The number of ether oxygens (including phenoxy) is 1. The van der Waals surface area contributed by atoms with Crippen LogP contribution in [0.15, 0.2) is 51.5 Å². The maximum Gasteiger partial charge on any atom is 0.337 e. The molecule has 0 unspecified atom stereocenters. The van der Waals surface area contributed by atoms with Gasteiger partial charge in [0.2, 0.25) is 17.5 Å². The second-order valence-electron chi connectivity index (χ2n) is 7.14. The Hall–Kier alpha value is -4.10. The molecule has 0 atom stereocenters. The van der Waals surface area contributed by atoms with Gasteiger partial charge in [0, 0.05) is 31.9 Å². The van der Waals surface area contributed by atoms with Crippen LogP contribution in [0.2, 0.25) is 0 Å². The van der Waals surface area contributed by atoms with E-state index in [0.717, 1.165) is 0 Å². The van der Waals surface area contributed by atoms with Gasteiger partial charge >= 0.3 is 5.97 Å². The van der Waals surface area contributed by atoms with Gasteiger partial charge in [-0.3, -0.25) is 9.69 Å². The molecule has 10 nitrogen and oxygen atoms in total. The van der Waals surface area contributed by atoms with Crippen molar-refractivity contribution in [2.45, 2.75) is 0 Å². The number of nitriles is 1. The lowest BCUT2D eigenvalue weighted by Crippen LogP contribution is -2.48. The summed E-state index contributed by atoms with van der Waals surface area (Å²) in [6, 6.07) is 12.0. The molecule has 1 aliphatic rings. The number of hydrogen-bond acceptors (Lipinski definition) is 9. The summed E-state index contributed by atoms with van der Waals surface area (Å²) in [5.74, 6) is 0.558. The van der Waals surface area contributed by atoms with E-state index in [9.17, 15) is 14.9 Å². The molecule has 1 amide bonds. The molecule has 0 spiro atoms. The molecule has 1 aliphatic heterocycles. The standard InChI is InChI=1S/C22H21N5O5/c1-30-22(29)15-4-6-16(7-5-15)24-19(28)14-26-8-10-27(11-9-26)21-17(13-23)25-20(32-21)18-3-2-12-31-18/h2-7,12H,8-11,14H2,1H3,(H,24,28). The largest absolute Gasteiger partial charge is 0.465 e. The molecule has 164 valence electrons. The van der Waals surface area contributed by atoms with Gasteiger partial charge in [0.05, 0.1) is 25.5 Å². The monoisotopic (exact) mass is 435 g/mol. The predicted octanol–water partition coefficient (Wildman–Crippen LogP) is 2.35. The normalized spacial score (nSPS) is 14.1. The number of nitrogens with zero attached hydrogens (tertiary/aromatic N) is 4. The van der Waals surface area contributed by atoms with Crippen LogP contribution in [0.1, 0.15) is 16.1 Å². The Balaban J connectivity index is 1.31. The van der Waals surface area contributed by atoms with E-state index in [1.807, 2.05) is 9.80 Å². The minimum Gasteiger partial charge on any atom is -0.465 e. The van der Waals surface area contributed by atoms with Crippen molar-refractivity contribution in [3.8, 4) is 17.7 Å². The highest BCUT2D eigenvalue weighted by Gasteiger charge is 2.26. The maximum absolute atomic E-state index is 12.4. The van der Waals surface area contributed by atoms with Crippen LogP contribution in [0, 0.1) is 11.3 Å². The highest BCUT2D eigenvalue weighted by atomic mass is 16.5. The molecule has 1 fully saturated rings. The van der Waals surface area contributed by atoms with Crippen molar-refractivity contribution < 1.29 is 23.2 Å². The van der Waals surface area contributed by atoms with Crippen molar-refractivity contribution in [3.63, 3.8) is 0 Å². The van der Waals surface area contributed by atoms with E-state index >= 15 is 0 Å². The van der Waals surface area contributed by atoms with Crippen LogP contribution in [-0.2, 0) is 9.53 Å². The average molecular weight is 435 g/mol. The van der Waals surface area contributed by atoms with E-state index in [2.05, 4.69) is 21.1 Å². The average Bonchev–Trinajstić information content (AvgIpc) is 3.49. The number of rotatable bonds is 6. The van der Waals surface area contributed by atoms with Gasteiger partial charge in [-0.1, -0.05) is 0 Å². The fraction of sp³-hybridized carbons (Fsp3) is 0.273. The zero-order valence-corrected chi connectivity index (χ0v) is 17.4. The van der Waals surface area contributed by atoms with E-state index in [1.165, 1.54) is 13.4 Å². The van der Waals surface area contributed by atoms with Crippen LogP contribution >= 0.6 is 0 Å². The molecular formula is C22H21N5O5. The van der Waals surface area contributed by atoms with Crippen molar-refractivity contribution in [2.24, 2.45) is 0 Å². The van der Waals surface area contributed by atoms with E-state index in [0.29, 0.717) is 49.1 Å². The summed E-state index contributed by atoms with van der Waals surface area (Å²) in [5.41, 5.74) is 1.23. The molecule has 32 heavy (non-hydrogen) atoms. The molecule has 3 heterocycles. The molecule has 0 saturated carbocycles. The summed E-state index contributed by atoms with van der Waals surface area (Å²) >= 11 is 0. The topological polar surface area (TPSA) is 125 Å². The molecule has 0 bridgehead atoms. The summed E-state index contributed by atoms with van der Waals surface area (Å²) in [7, 11) is 1.32. The van der Waals surface area contributed by atoms with Gasteiger partial charge in [-0.15, -0.1) is 0 Å². The van der Waals surface area contributed by atoms with Gasteiger partial charge in [-0.2, -0.15) is 10.2 Å². The minimum absolute atomic E-state index is 0.151. The quantitative estimate of drug-likeness (QED) is 0.581. The van der Waals surface area contributed by atoms with Gasteiger partial charge < -0.3 is 23.8 Å². The first-order valence-corrected chi connectivity index (χ1v) is 9.97. The Labute approximate surface area is 184 Å². The van der Waals surface area contributed by atoms with Gasteiger partial charge in [-0.25, -0.2) is 4.79 Å². The molecule has 1 aromatic carbocycles. The SMILES string of the molecule is COC(=O)c1ccc(NC(=O)CN2CCN(c3oc(-c4ccco4)nc3C#N)CC2)cc1. The smallest absolute Gasteiger partial charge is 0.337 e. The third-order valence-electron chi connectivity index (χ3n) is 5.06. The van der Waals surface area contributed by atoms with Gasteiger partial charge in [0.15, 0.2) is 5.76 Å². The Morgan fingerprint density at radius 2 is 1.94 bits per heavy atom. The van der Waals surface area contributed by atoms with Crippen LogP contribution < -0.4 is 10.2 Å². The highest BCUT2D eigenvalue weighted by molar-refractivity contribution is 5.94. The maximum atomic E-state index is 12.4. The van der Waals surface area contributed by atoms with E-state index in [-0.39, 0.29) is 24.0 Å². The Morgan fingerprint density at radius 1 is 1.19 bits per heavy atom. The Kier molecular flexibility index (Phi) is 6.19. The molecule has 0 aliphatic carbocycles. The molecule has 1 N–H and O–H groups in total. The zero-order chi connectivity index (χ0) is 22.5. The molecule has 2 aromatic heterocycles. The molecule has 0 radical (unpaired) electrons. The Morgan fingerprint density at radius 3 is 2.56 bits per heavy atom. The first kappa shape index (κ1) is 21.1. The van der Waals surface area contributed by atoms with E-state index in [4.69, 9.17) is 8.83 Å². The predicted molar refractivity (Wildman–Crippen MR) is 114 cm³/mol. The summed E-state index contributed by atoms with van der Waals surface area (Å²) in [5, 5.41) is 12.2. The number of carbonyl (C=O) groups excluding carboxylic acids is 2. The number of methoxy groups -OCH3 is 1. The van der Waals surface area contributed by atoms with Crippen LogP contribution in [0.5, 0.6) is 0 Å². The Bertz CT molecular complexity index is 1120.